The second-order valence-corrected chi connectivity index (χ2v) is 26.9. The van der Waals surface area contributed by atoms with E-state index in [0.29, 0.717) is 6.42 Å². The van der Waals surface area contributed by atoms with Crippen LogP contribution < -0.4 is 5.73 Å². The number of nitrogens with two attached hydrogens (primary N) is 1. The van der Waals surface area contributed by atoms with Gasteiger partial charge >= 0.3 is 19.8 Å². The molecule has 0 rings (SSSR count). The maximum absolute atomic E-state index is 12.8. The standard InChI is InChI=1S/C85H144NO8P/c1-3-5-7-9-11-13-15-17-19-21-23-25-27-29-31-33-35-37-38-39-40-41-42-43-44-46-47-49-51-53-55-57-59-61-63-65-67-69-71-73-75-77-84(87)91-81-83(82-93-95(89,90)92-80-79-86)94-85(88)78-76-74-72-70-68-66-64-62-60-58-56-54-52-50-48-45-36-34-32-30-28-26-24-22-20-18-16-14-12-10-8-6-4-2/h6,8,12,14-15,17-18,20-21,23-24,26-27,29-30,32,36,45,50,52,56,58,62,64,68,70,83H,3-5,7,9-11,13,16,19,22,25,28,31,33-35,37-44,46-49,51,53-55,57,59-61,63,65-67,69,71-82,86H2,1-2H3,(H,89,90)/b8-6-,14-12-,17-15-,20-18-,23-21-,26-24-,29-27-,32-30-,45-36-,52-50-,58-56-,64-62-,70-68-. The molecule has 0 radical (unpaired) electrons. The van der Waals surface area contributed by atoms with Gasteiger partial charge in [-0.25, -0.2) is 4.57 Å². The largest absolute Gasteiger partial charge is 0.472 e. The van der Waals surface area contributed by atoms with E-state index in [1.165, 1.54) is 193 Å². The van der Waals surface area contributed by atoms with Gasteiger partial charge in [-0.2, -0.15) is 0 Å². The summed E-state index contributed by atoms with van der Waals surface area (Å²) >= 11 is 0. The normalized spacial score (nSPS) is 13.8. The molecular weight excluding hydrogens is 1190 g/mol. The van der Waals surface area contributed by atoms with E-state index in [1.54, 1.807) is 0 Å². The third-order valence-corrected chi connectivity index (χ3v) is 17.4. The van der Waals surface area contributed by atoms with Gasteiger partial charge < -0.3 is 20.1 Å². The highest BCUT2D eigenvalue weighted by atomic mass is 31.2. The van der Waals surface area contributed by atoms with Crippen LogP contribution in [0.2, 0.25) is 0 Å². The molecular formula is C85H144NO8P. The van der Waals surface area contributed by atoms with E-state index in [0.717, 1.165) is 109 Å². The zero-order valence-electron chi connectivity index (χ0n) is 61.1. The maximum atomic E-state index is 12.8. The smallest absolute Gasteiger partial charge is 0.462 e. The summed E-state index contributed by atoms with van der Waals surface area (Å²) in [5.74, 6) is -0.878. The van der Waals surface area contributed by atoms with E-state index < -0.39 is 32.5 Å². The minimum absolute atomic E-state index is 0.0395. The van der Waals surface area contributed by atoms with E-state index in [1.807, 2.05) is 0 Å². The van der Waals surface area contributed by atoms with Crippen LogP contribution >= 0.6 is 7.82 Å². The predicted octanol–water partition coefficient (Wildman–Crippen LogP) is 26.3. The molecule has 0 spiro atoms. The van der Waals surface area contributed by atoms with Crippen LogP contribution in [-0.4, -0.2) is 49.3 Å². The fraction of sp³-hybridized carbons (Fsp3) is 0.671. The first-order valence-corrected chi connectivity index (χ1v) is 40.5. The summed E-state index contributed by atoms with van der Waals surface area (Å²) < 4.78 is 33.2. The first kappa shape index (κ1) is 90.6. The highest BCUT2D eigenvalue weighted by Gasteiger charge is 2.26. The molecule has 95 heavy (non-hydrogen) atoms. The summed E-state index contributed by atoms with van der Waals surface area (Å²) in [6.07, 6.45) is 115. The van der Waals surface area contributed by atoms with Crippen molar-refractivity contribution in [3.8, 4) is 0 Å². The Balaban J connectivity index is 3.90. The van der Waals surface area contributed by atoms with Gasteiger partial charge in [0, 0.05) is 19.4 Å². The lowest BCUT2D eigenvalue weighted by atomic mass is 10.0. The molecule has 3 N–H and O–H groups in total. The number of carbonyl (C=O) groups is 2. The van der Waals surface area contributed by atoms with Crippen molar-refractivity contribution in [2.75, 3.05) is 26.4 Å². The van der Waals surface area contributed by atoms with Crippen LogP contribution in [0.15, 0.2) is 158 Å². The number of ether oxygens (including phenoxy) is 2. The molecule has 2 atom stereocenters. The molecule has 9 nitrogen and oxygen atoms in total. The molecule has 0 aromatic carbocycles. The summed E-state index contributed by atoms with van der Waals surface area (Å²) in [5, 5.41) is 0. The van der Waals surface area contributed by atoms with Crippen LogP contribution in [0, 0.1) is 0 Å². The Hall–Kier alpha value is -4.37. The molecule has 0 saturated heterocycles. The van der Waals surface area contributed by atoms with Gasteiger partial charge in [-0.15, -0.1) is 0 Å². The number of phosphoric ester groups is 1. The molecule has 0 bridgehead atoms. The fourth-order valence-electron chi connectivity index (χ4n) is 10.7. The van der Waals surface area contributed by atoms with Gasteiger partial charge in [0.25, 0.3) is 0 Å². The Bertz CT molecular complexity index is 2120. The van der Waals surface area contributed by atoms with Gasteiger partial charge in [0.2, 0.25) is 0 Å². The Morgan fingerprint density at radius 3 is 0.884 bits per heavy atom. The lowest BCUT2D eigenvalue weighted by Crippen LogP contribution is -2.29. The minimum atomic E-state index is -4.42. The molecule has 0 saturated carbocycles. The molecule has 0 aromatic heterocycles. The van der Waals surface area contributed by atoms with Gasteiger partial charge in [-0.3, -0.25) is 18.6 Å². The summed E-state index contributed by atoms with van der Waals surface area (Å²) in [7, 11) is -4.42. The van der Waals surface area contributed by atoms with Gasteiger partial charge in [0.1, 0.15) is 6.61 Å². The number of unbranched alkanes of at least 4 members (excludes halogenated alkanes) is 33. The van der Waals surface area contributed by atoms with Crippen LogP contribution in [0.4, 0.5) is 0 Å². The summed E-state index contributed by atoms with van der Waals surface area (Å²) in [5.41, 5.74) is 5.40. The van der Waals surface area contributed by atoms with Crippen LogP contribution in [0.5, 0.6) is 0 Å². The quantitative estimate of drug-likeness (QED) is 0.0264. The number of carbonyl (C=O) groups excluding carboxylic acids is 2. The third-order valence-electron chi connectivity index (χ3n) is 16.4. The summed E-state index contributed by atoms with van der Waals surface area (Å²) in [4.78, 5) is 35.4. The van der Waals surface area contributed by atoms with Gasteiger partial charge in [0.15, 0.2) is 6.10 Å². The van der Waals surface area contributed by atoms with E-state index in [9.17, 15) is 19.0 Å². The number of phosphoric acid groups is 1. The van der Waals surface area contributed by atoms with Crippen LogP contribution in [0.3, 0.4) is 0 Å². The zero-order chi connectivity index (χ0) is 68.6. The van der Waals surface area contributed by atoms with Crippen molar-refractivity contribution in [1.29, 1.82) is 0 Å². The summed E-state index contributed by atoms with van der Waals surface area (Å²) in [6, 6.07) is 0. The molecule has 0 heterocycles. The topological polar surface area (TPSA) is 134 Å². The highest BCUT2D eigenvalue weighted by molar-refractivity contribution is 7.47. The van der Waals surface area contributed by atoms with Crippen molar-refractivity contribution >= 4 is 19.8 Å². The van der Waals surface area contributed by atoms with E-state index in [2.05, 4.69) is 172 Å². The minimum Gasteiger partial charge on any atom is -0.462 e. The van der Waals surface area contributed by atoms with E-state index >= 15 is 0 Å². The Morgan fingerprint density at radius 1 is 0.326 bits per heavy atom. The Kier molecular flexibility index (Phi) is 75.0. The average molecular weight is 1340 g/mol. The highest BCUT2D eigenvalue weighted by Crippen LogP contribution is 2.43. The van der Waals surface area contributed by atoms with Crippen LogP contribution in [-0.2, 0) is 32.7 Å². The maximum Gasteiger partial charge on any atom is 0.472 e. The molecule has 0 amide bonds. The van der Waals surface area contributed by atoms with Crippen LogP contribution in [0.25, 0.3) is 0 Å². The molecule has 0 aliphatic rings. The number of hydrogen-bond donors (Lipinski definition) is 2. The van der Waals surface area contributed by atoms with Gasteiger partial charge in [-0.05, 0) is 128 Å². The van der Waals surface area contributed by atoms with E-state index in [-0.39, 0.29) is 32.6 Å². The van der Waals surface area contributed by atoms with E-state index in [4.69, 9.17) is 24.3 Å². The van der Waals surface area contributed by atoms with Crippen molar-refractivity contribution in [1.82, 2.24) is 0 Å². The molecule has 0 aliphatic carbocycles. The third kappa shape index (κ3) is 78.5. The van der Waals surface area contributed by atoms with Gasteiger partial charge in [0.05, 0.1) is 13.2 Å². The first-order chi connectivity index (χ1) is 46.8. The first-order valence-electron chi connectivity index (χ1n) is 39.0. The van der Waals surface area contributed by atoms with Crippen molar-refractivity contribution in [2.24, 2.45) is 5.73 Å². The van der Waals surface area contributed by atoms with Crippen molar-refractivity contribution < 1.29 is 37.6 Å². The predicted molar refractivity (Wildman–Crippen MR) is 413 cm³/mol. The van der Waals surface area contributed by atoms with Crippen molar-refractivity contribution in [3.05, 3.63) is 158 Å². The summed E-state index contributed by atoms with van der Waals surface area (Å²) in [6.45, 7) is 3.58. The Labute approximate surface area is 585 Å². The SMILES string of the molecule is CC/C=C\C/C=C\C/C=C\C/C=C\C/C=C\C/C=C\C/C=C\C/C=C\C/C=C\C/C=C\CCCCC(=O)OC(COC(=O)CCCCCCCCCCCCCCCCCCCCCCCCCCCC/C=C\C/C=C\C/C=C\CCCCCCC)COP(=O)(O)OCCN. The monoisotopic (exact) mass is 1340 g/mol. The lowest BCUT2D eigenvalue weighted by molar-refractivity contribution is -0.161. The van der Waals surface area contributed by atoms with Crippen molar-refractivity contribution in [2.45, 2.75) is 341 Å². The molecule has 0 aromatic rings. The zero-order valence-corrected chi connectivity index (χ0v) is 62.0. The molecule has 0 aliphatic heterocycles. The van der Waals surface area contributed by atoms with Crippen LogP contribution in [0.1, 0.15) is 335 Å². The average Bonchev–Trinajstić information content (AvgIpc) is 3.25. The fourth-order valence-corrected chi connectivity index (χ4v) is 11.4. The molecule has 10 heteroatoms. The number of allylic oxidation sites excluding steroid dienone is 26. The number of rotatable bonds is 72. The Morgan fingerprint density at radius 2 is 0.579 bits per heavy atom. The lowest BCUT2D eigenvalue weighted by Gasteiger charge is -2.19. The number of esters is 2. The van der Waals surface area contributed by atoms with Crippen molar-refractivity contribution in [3.63, 3.8) is 0 Å². The second-order valence-electron chi connectivity index (χ2n) is 25.5. The molecule has 0 fully saturated rings. The van der Waals surface area contributed by atoms with Gasteiger partial charge in [-0.1, -0.05) is 352 Å². The molecule has 2 unspecified atom stereocenters. The number of hydrogen-bond acceptors (Lipinski definition) is 8. The molecule has 542 valence electrons. The second kappa shape index (κ2) is 78.6.